The molecule has 0 radical (unpaired) electrons. The number of nitrogens with zero attached hydrogens (tertiary/aromatic N) is 2. The van der Waals surface area contributed by atoms with Crippen molar-refractivity contribution in [1.82, 2.24) is 9.99 Å². The van der Waals surface area contributed by atoms with Crippen molar-refractivity contribution in [1.29, 1.82) is 0 Å². The summed E-state index contributed by atoms with van der Waals surface area (Å²) < 4.78 is 9.11. The van der Waals surface area contributed by atoms with Gasteiger partial charge in [0.05, 0.1) is 11.0 Å². The first-order valence-corrected chi connectivity index (χ1v) is 15.8. The normalized spacial score (nSPS) is 18.5. The Morgan fingerprint density at radius 1 is 0.600 bits per heavy atom. The predicted octanol–water partition coefficient (Wildman–Crippen LogP) is 9.94. The van der Waals surface area contributed by atoms with Crippen LogP contribution in [0.3, 0.4) is 0 Å². The largest absolute Gasteiger partial charge is 0.456 e. The van der Waals surface area contributed by atoms with Gasteiger partial charge in [0.1, 0.15) is 23.5 Å². The summed E-state index contributed by atoms with van der Waals surface area (Å²) in [5, 5.41) is 11.3. The average Bonchev–Trinajstić information content (AvgIpc) is 3.68. The van der Waals surface area contributed by atoms with Gasteiger partial charge < -0.3 is 4.42 Å². The molecule has 2 aromatic heterocycles. The molecule has 0 spiro atoms. The zero-order valence-corrected chi connectivity index (χ0v) is 25.2. The number of para-hydroxylation sites is 3. The average molecular weight is 582 g/mol. The third-order valence-corrected chi connectivity index (χ3v) is 10.3. The molecule has 4 nitrogen and oxygen atoms in total. The molecule has 8 aromatic rings. The van der Waals surface area contributed by atoms with Gasteiger partial charge >= 0.3 is 0 Å². The molecular weight excluding hydrogens is 550 g/mol. The highest BCUT2D eigenvalue weighted by molar-refractivity contribution is 6.15. The minimum atomic E-state index is -0.112. The third kappa shape index (κ3) is 3.24. The number of rotatable bonds is 3. The highest BCUT2D eigenvalue weighted by Gasteiger charge is 2.44. The van der Waals surface area contributed by atoms with Crippen LogP contribution in [0.15, 0.2) is 138 Å². The van der Waals surface area contributed by atoms with E-state index in [1.54, 1.807) is 0 Å². The van der Waals surface area contributed by atoms with Crippen molar-refractivity contribution in [3.8, 4) is 11.1 Å². The van der Waals surface area contributed by atoms with Crippen molar-refractivity contribution >= 4 is 43.7 Å². The molecular formula is C41H31N3O. The third-order valence-electron chi connectivity index (χ3n) is 10.3. The Labute approximate surface area is 261 Å². The van der Waals surface area contributed by atoms with Crippen molar-refractivity contribution in [2.45, 2.75) is 31.6 Å². The lowest BCUT2D eigenvalue weighted by Crippen LogP contribution is -2.62. The molecule has 45 heavy (non-hydrogen) atoms. The monoisotopic (exact) mass is 581 g/mol. The summed E-state index contributed by atoms with van der Waals surface area (Å²) in [6.45, 7) is 4.72. The Morgan fingerprint density at radius 3 is 2.22 bits per heavy atom. The topological polar surface area (TPSA) is 33.3 Å². The number of nitrogens with one attached hydrogen (secondary N) is 1. The molecule has 216 valence electrons. The maximum Gasteiger partial charge on any atom is 0.142 e. The quantitative estimate of drug-likeness (QED) is 0.225. The Kier molecular flexibility index (Phi) is 4.94. The molecule has 0 saturated carbocycles. The van der Waals surface area contributed by atoms with Crippen LogP contribution in [-0.4, -0.2) is 4.68 Å². The standard InChI is InChI=1S/C41H31N3O/c1-41(2)32-20-9-6-17-30(32)36-33(41)24-23-28-26-15-7-10-21-34(26)43(37(28)36)44-39(25-13-4-3-5-14-25)42-40(44)31-19-12-18-29-27-16-8-11-22-35(27)45-38(29)31/h3-24,39-40,42H,1-2H3. The van der Waals surface area contributed by atoms with E-state index in [1.807, 2.05) is 6.07 Å². The molecule has 1 N–H and O–H groups in total. The van der Waals surface area contributed by atoms with Crippen molar-refractivity contribution in [3.05, 3.63) is 156 Å². The van der Waals surface area contributed by atoms with Crippen LogP contribution in [0.2, 0.25) is 0 Å². The van der Waals surface area contributed by atoms with Crippen molar-refractivity contribution in [3.63, 3.8) is 0 Å². The molecule has 1 aliphatic heterocycles. The van der Waals surface area contributed by atoms with E-state index >= 15 is 0 Å². The Morgan fingerprint density at radius 2 is 1.33 bits per heavy atom. The lowest BCUT2D eigenvalue weighted by atomic mass is 9.82. The fraction of sp³-hybridized carbons (Fsp3) is 0.122. The van der Waals surface area contributed by atoms with Crippen LogP contribution in [0.4, 0.5) is 0 Å². The number of fused-ring (bicyclic) bond motifs is 10. The maximum atomic E-state index is 6.59. The zero-order chi connectivity index (χ0) is 29.9. The first kappa shape index (κ1) is 25.1. The maximum absolute atomic E-state index is 6.59. The molecule has 2 aliphatic rings. The summed E-state index contributed by atoms with van der Waals surface area (Å²) in [6, 6.07) is 48.2. The Hall–Kier alpha value is -5.32. The highest BCUT2D eigenvalue weighted by atomic mass is 16.3. The Balaban J connectivity index is 1.30. The molecule has 0 amide bonds. The van der Waals surface area contributed by atoms with E-state index in [2.05, 4.69) is 156 Å². The summed E-state index contributed by atoms with van der Waals surface area (Å²) in [5.74, 6) is 0. The summed E-state index contributed by atoms with van der Waals surface area (Å²) in [7, 11) is 0. The predicted molar refractivity (Wildman–Crippen MR) is 184 cm³/mol. The van der Waals surface area contributed by atoms with Crippen LogP contribution in [0.25, 0.3) is 54.9 Å². The molecule has 2 atom stereocenters. The molecule has 2 unspecified atom stereocenters. The lowest BCUT2D eigenvalue weighted by Gasteiger charge is -2.52. The SMILES string of the molecule is CC1(C)c2ccccc2-c2c1ccc1c3ccccc3n(N3C(c4ccccc4)NC3c3cccc4c3oc3ccccc34)c21. The summed E-state index contributed by atoms with van der Waals surface area (Å²) in [4.78, 5) is 0. The molecule has 3 heterocycles. The minimum Gasteiger partial charge on any atom is -0.456 e. The van der Waals surface area contributed by atoms with Crippen molar-refractivity contribution in [2.75, 3.05) is 5.01 Å². The van der Waals surface area contributed by atoms with Crippen LogP contribution in [0.5, 0.6) is 0 Å². The summed E-state index contributed by atoms with van der Waals surface area (Å²) in [5.41, 5.74) is 12.0. The van der Waals surface area contributed by atoms with Crippen LogP contribution in [0, 0.1) is 0 Å². The molecule has 1 fully saturated rings. The first-order chi connectivity index (χ1) is 22.1. The van der Waals surface area contributed by atoms with Crippen LogP contribution in [0.1, 0.15) is 48.4 Å². The van der Waals surface area contributed by atoms with Gasteiger partial charge in [0.15, 0.2) is 0 Å². The van der Waals surface area contributed by atoms with Gasteiger partial charge in [-0.05, 0) is 34.4 Å². The van der Waals surface area contributed by atoms with Crippen LogP contribution >= 0.6 is 0 Å². The minimum absolute atomic E-state index is 0.0321. The van der Waals surface area contributed by atoms with Gasteiger partial charge in [-0.1, -0.05) is 135 Å². The molecule has 10 rings (SSSR count). The smallest absolute Gasteiger partial charge is 0.142 e. The Bertz CT molecular complexity index is 2470. The molecule has 1 aliphatic carbocycles. The van der Waals surface area contributed by atoms with Gasteiger partial charge in [-0.25, -0.2) is 0 Å². The number of hydrogen-bond acceptors (Lipinski definition) is 3. The van der Waals surface area contributed by atoms with E-state index in [0.717, 1.165) is 27.5 Å². The van der Waals surface area contributed by atoms with Crippen LogP contribution in [-0.2, 0) is 5.41 Å². The fourth-order valence-corrected chi connectivity index (χ4v) is 8.16. The second kappa shape index (κ2) is 8.87. The molecule has 4 heteroatoms. The summed E-state index contributed by atoms with van der Waals surface area (Å²) >= 11 is 0. The fourth-order valence-electron chi connectivity index (χ4n) is 8.16. The van der Waals surface area contributed by atoms with E-state index in [9.17, 15) is 0 Å². The van der Waals surface area contributed by atoms with Crippen molar-refractivity contribution in [2.24, 2.45) is 0 Å². The molecule has 0 bridgehead atoms. The van der Waals surface area contributed by atoms with Gasteiger partial charge in [-0.15, -0.1) is 0 Å². The van der Waals surface area contributed by atoms with Gasteiger partial charge in [0, 0.05) is 38.1 Å². The molecule has 1 saturated heterocycles. The number of benzene rings is 6. The lowest BCUT2D eigenvalue weighted by molar-refractivity contribution is 0.212. The van der Waals surface area contributed by atoms with Crippen molar-refractivity contribution < 1.29 is 4.42 Å². The highest BCUT2D eigenvalue weighted by Crippen LogP contribution is 2.53. The zero-order valence-electron chi connectivity index (χ0n) is 25.2. The second-order valence-electron chi connectivity index (χ2n) is 13.0. The van der Waals surface area contributed by atoms with E-state index in [4.69, 9.17) is 4.42 Å². The second-order valence-corrected chi connectivity index (χ2v) is 13.0. The van der Waals surface area contributed by atoms with E-state index in [0.29, 0.717) is 0 Å². The summed E-state index contributed by atoms with van der Waals surface area (Å²) in [6.07, 6.45) is -0.144. The van der Waals surface area contributed by atoms with Gasteiger partial charge in [0.25, 0.3) is 0 Å². The number of hydrogen-bond donors (Lipinski definition) is 1. The van der Waals surface area contributed by atoms with Gasteiger partial charge in [-0.2, -0.15) is 0 Å². The van der Waals surface area contributed by atoms with E-state index < -0.39 is 0 Å². The van der Waals surface area contributed by atoms with Gasteiger partial charge in [-0.3, -0.25) is 15.0 Å². The number of furan rings is 1. The molecule has 6 aromatic carbocycles. The van der Waals surface area contributed by atoms with E-state index in [-0.39, 0.29) is 17.7 Å². The van der Waals surface area contributed by atoms with E-state index in [1.165, 1.54) is 49.6 Å². The number of aromatic nitrogens is 1. The van der Waals surface area contributed by atoms with Gasteiger partial charge in [0.2, 0.25) is 0 Å². The van der Waals surface area contributed by atoms with Crippen LogP contribution < -0.4 is 10.3 Å². The first-order valence-electron chi connectivity index (χ1n) is 15.8.